The van der Waals surface area contributed by atoms with Gasteiger partial charge in [-0.25, -0.2) is 4.39 Å². The van der Waals surface area contributed by atoms with Gasteiger partial charge in [-0.1, -0.05) is 24.3 Å². The molecule has 174 valence electrons. The summed E-state index contributed by atoms with van der Waals surface area (Å²) in [6.07, 6.45) is 2.08. The third kappa shape index (κ3) is 3.88. The number of anilines is 1. The highest BCUT2D eigenvalue weighted by Crippen LogP contribution is 2.38. The van der Waals surface area contributed by atoms with Crippen molar-refractivity contribution in [2.24, 2.45) is 0 Å². The van der Waals surface area contributed by atoms with Crippen molar-refractivity contribution in [3.8, 4) is 11.6 Å². The lowest BCUT2D eigenvalue weighted by atomic mass is 9.87. The van der Waals surface area contributed by atoms with Gasteiger partial charge >= 0.3 is 0 Å². The molecule has 10 heteroatoms. The summed E-state index contributed by atoms with van der Waals surface area (Å²) in [5.74, 6) is 1.97. The van der Waals surface area contributed by atoms with Crippen LogP contribution in [0.1, 0.15) is 34.9 Å². The van der Waals surface area contributed by atoms with E-state index in [9.17, 15) is 9.18 Å². The van der Waals surface area contributed by atoms with Crippen LogP contribution in [-0.2, 0) is 11.4 Å². The van der Waals surface area contributed by atoms with Crippen LogP contribution in [0, 0.1) is 12.7 Å². The first-order chi connectivity index (χ1) is 17.0. The van der Waals surface area contributed by atoms with Crippen LogP contribution in [-0.4, -0.2) is 35.5 Å². The largest absolute Gasteiger partial charge is 0.489 e. The maximum atomic E-state index is 13.1. The number of benzene rings is 2. The van der Waals surface area contributed by atoms with E-state index >= 15 is 0 Å². The average molecular weight is 469 g/mol. The topological polar surface area (TPSA) is 99.2 Å². The molecule has 6 rings (SSSR count). The summed E-state index contributed by atoms with van der Waals surface area (Å²) in [7, 11) is 0. The minimum atomic E-state index is -0.275. The standard InChI is InChI=1S/C25H20FN7O2/c1-15-29-30-22-10-11-23(31-32(15)22)33-25-21(13-27-33)20(12-24(34)28-25)17-4-8-19(9-5-17)35-14-16-2-6-18(26)7-3-16/h2-11,13,20H,12,14H2,1H3,(H,28,34). The summed E-state index contributed by atoms with van der Waals surface area (Å²) in [6, 6.07) is 17.5. The predicted octanol–water partition coefficient (Wildman–Crippen LogP) is 3.81. The fourth-order valence-electron chi connectivity index (χ4n) is 4.23. The number of rotatable bonds is 5. The van der Waals surface area contributed by atoms with Gasteiger partial charge in [0.2, 0.25) is 5.91 Å². The number of halogens is 1. The van der Waals surface area contributed by atoms with E-state index in [2.05, 4.69) is 25.7 Å². The van der Waals surface area contributed by atoms with Gasteiger partial charge in [-0.2, -0.15) is 14.3 Å². The summed E-state index contributed by atoms with van der Waals surface area (Å²) in [5, 5.41) is 20.1. The van der Waals surface area contributed by atoms with Crippen molar-refractivity contribution < 1.29 is 13.9 Å². The highest BCUT2D eigenvalue weighted by molar-refractivity contribution is 5.94. The molecule has 9 nitrogen and oxygen atoms in total. The Kier molecular flexibility index (Phi) is 4.98. The van der Waals surface area contributed by atoms with Crippen molar-refractivity contribution in [1.29, 1.82) is 0 Å². The van der Waals surface area contributed by atoms with E-state index in [4.69, 9.17) is 4.74 Å². The molecule has 1 N–H and O–H groups in total. The maximum Gasteiger partial charge on any atom is 0.226 e. The first-order valence-electron chi connectivity index (χ1n) is 11.1. The van der Waals surface area contributed by atoms with Gasteiger partial charge in [-0.05, 0) is 54.4 Å². The number of hydrogen-bond donors (Lipinski definition) is 1. The first kappa shape index (κ1) is 21.0. The maximum absolute atomic E-state index is 13.1. The third-order valence-corrected chi connectivity index (χ3v) is 6.04. The summed E-state index contributed by atoms with van der Waals surface area (Å²) in [5.41, 5.74) is 3.40. The van der Waals surface area contributed by atoms with Gasteiger partial charge in [0.05, 0.1) is 6.20 Å². The Morgan fingerprint density at radius 3 is 2.66 bits per heavy atom. The monoisotopic (exact) mass is 469 g/mol. The van der Waals surface area contributed by atoms with Crippen molar-refractivity contribution in [2.75, 3.05) is 5.32 Å². The van der Waals surface area contributed by atoms with E-state index in [1.165, 1.54) is 12.1 Å². The van der Waals surface area contributed by atoms with Crippen LogP contribution in [0.3, 0.4) is 0 Å². The highest BCUT2D eigenvalue weighted by Gasteiger charge is 2.30. The van der Waals surface area contributed by atoms with E-state index in [0.29, 0.717) is 41.9 Å². The Balaban J connectivity index is 1.26. The minimum absolute atomic E-state index is 0.0950. The fourth-order valence-corrected chi connectivity index (χ4v) is 4.23. The Morgan fingerprint density at radius 2 is 1.86 bits per heavy atom. The molecule has 1 aliphatic heterocycles. The Hall–Kier alpha value is -4.60. The number of fused-ring (bicyclic) bond motifs is 2. The SMILES string of the molecule is Cc1nnc2ccc(-n3ncc4c3NC(=O)CC4c3ccc(OCc4ccc(F)cc4)cc3)nn12. The van der Waals surface area contributed by atoms with Crippen LogP contribution in [0.5, 0.6) is 5.75 Å². The molecular formula is C25H20FN7O2. The van der Waals surface area contributed by atoms with Crippen LogP contribution in [0.25, 0.3) is 11.5 Å². The molecule has 0 saturated carbocycles. The molecule has 0 spiro atoms. The minimum Gasteiger partial charge on any atom is -0.489 e. The van der Waals surface area contributed by atoms with Crippen molar-refractivity contribution in [3.63, 3.8) is 0 Å². The van der Waals surface area contributed by atoms with Gasteiger partial charge in [-0.3, -0.25) is 4.79 Å². The summed E-state index contributed by atoms with van der Waals surface area (Å²) < 4.78 is 22.2. The number of nitrogens with one attached hydrogen (secondary N) is 1. The van der Waals surface area contributed by atoms with Crippen LogP contribution in [0.2, 0.25) is 0 Å². The molecule has 1 aliphatic rings. The quantitative estimate of drug-likeness (QED) is 0.420. The molecule has 1 atom stereocenters. The van der Waals surface area contributed by atoms with Crippen LogP contribution in [0.15, 0.2) is 66.9 Å². The Bertz CT molecular complexity index is 1540. The molecule has 4 heterocycles. The zero-order chi connectivity index (χ0) is 23.9. The number of nitrogens with zero attached hydrogens (tertiary/aromatic N) is 6. The molecule has 0 fully saturated rings. The zero-order valence-electron chi connectivity index (χ0n) is 18.7. The molecule has 2 aromatic carbocycles. The number of carbonyl (C=O) groups excluding carboxylic acids is 1. The van der Waals surface area contributed by atoms with E-state index in [-0.39, 0.29) is 17.6 Å². The van der Waals surface area contributed by atoms with Crippen molar-refractivity contribution in [2.45, 2.75) is 25.9 Å². The Morgan fingerprint density at radius 1 is 1.06 bits per heavy atom. The summed E-state index contributed by atoms with van der Waals surface area (Å²) >= 11 is 0. The first-order valence-corrected chi connectivity index (χ1v) is 11.1. The van der Waals surface area contributed by atoms with E-state index < -0.39 is 0 Å². The summed E-state index contributed by atoms with van der Waals surface area (Å²) in [6.45, 7) is 2.16. The van der Waals surface area contributed by atoms with E-state index in [1.807, 2.05) is 37.3 Å². The molecular weight excluding hydrogens is 449 g/mol. The lowest BCUT2D eigenvalue weighted by Gasteiger charge is -2.23. The summed E-state index contributed by atoms with van der Waals surface area (Å²) in [4.78, 5) is 12.6. The smallest absolute Gasteiger partial charge is 0.226 e. The molecule has 0 saturated heterocycles. The highest BCUT2D eigenvalue weighted by atomic mass is 19.1. The number of ether oxygens (including phenoxy) is 1. The third-order valence-electron chi connectivity index (χ3n) is 6.04. The number of amides is 1. The second kappa shape index (κ2) is 8.32. The fraction of sp³-hybridized carbons (Fsp3) is 0.160. The second-order valence-corrected chi connectivity index (χ2v) is 8.36. The van der Waals surface area contributed by atoms with Crippen molar-refractivity contribution in [3.05, 3.63) is 95.2 Å². The predicted molar refractivity (Wildman–Crippen MR) is 125 cm³/mol. The van der Waals surface area contributed by atoms with Gasteiger partial charge in [0.25, 0.3) is 0 Å². The molecule has 1 amide bonds. The van der Waals surface area contributed by atoms with Gasteiger partial charge in [0.1, 0.15) is 24.0 Å². The molecule has 0 radical (unpaired) electrons. The molecule has 0 aliphatic carbocycles. The lowest BCUT2D eigenvalue weighted by Crippen LogP contribution is -2.24. The Labute approximate surface area is 199 Å². The van der Waals surface area contributed by atoms with Gasteiger partial charge in [-0.15, -0.1) is 15.3 Å². The van der Waals surface area contributed by atoms with Gasteiger partial charge < -0.3 is 10.1 Å². The average Bonchev–Trinajstić information content (AvgIpc) is 3.47. The second-order valence-electron chi connectivity index (χ2n) is 8.36. The van der Waals surface area contributed by atoms with Gasteiger partial charge in [0, 0.05) is 17.9 Å². The number of hydrogen-bond acceptors (Lipinski definition) is 6. The van der Waals surface area contributed by atoms with E-state index in [0.717, 1.165) is 16.7 Å². The zero-order valence-corrected chi connectivity index (χ0v) is 18.7. The normalized spacial score (nSPS) is 15.1. The van der Waals surface area contributed by atoms with Crippen LogP contribution < -0.4 is 10.1 Å². The van der Waals surface area contributed by atoms with E-state index in [1.54, 1.807) is 33.6 Å². The molecule has 3 aromatic heterocycles. The number of aromatic nitrogens is 6. The number of carbonyl (C=O) groups is 1. The molecule has 1 unspecified atom stereocenters. The number of aryl methyl sites for hydroxylation is 1. The molecule has 35 heavy (non-hydrogen) atoms. The van der Waals surface area contributed by atoms with Crippen LogP contribution in [0.4, 0.5) is 10.2 Å². The van der Waals surface area contributed by atoms with Gasteiger partial charge in [0.15, 0.2) is 17.3 Å². The van der Waals surface area contributed by atoms with Crippen molar-refractivity contribution in [1.82, 2.24) is 29.6 Å². The lowest BCUT2D eigenvalue weighted by molar-refractivity contribution is -0.116. The van der Waals surface area contributed by atoms with Crippen molar-refractivity contribution >= 4 is 17.4 Å². The molecule has 5 aromatic rings. The van der Waals surface area contributed by atoms with Crippen LogP contribution >= 0.6 is 0 Å². The molecule has 0 bridgehead atoms.